The van der Waals surface area contributed by atoms with Gasteiger partial charge in [0.25, 0.3) is 0 Å². The highest BCUT2D eigenvalue weighted by Gasteiger charge is 2.29. The molecule has 1 aromatic heterocycles. The Labute approximate surface area is 188 Å². The molecule has 0 saturated carbocycles. The molecule has 0 aliphatic carbocycles. The number of carbonyl (C=O) groups excluding carboxylic acids is 1. The van der Waals surface area contributed by atoms with Crippen LogP contribution in [0.5, 0.6) is 0 Å². The summed E-state index contributed by atoms with van der Waals surface area (Å²) in [5.41, 5.74) is 1.31. The van der Waals surface area contributed by atoms with Crippen molar-refractivity contribution >= 4 is 22.7 Å². The third kappa shape index (κ3) is 5.36. The Kier molecular flexibility index (Phi) is 6.69. The fourth-order valence-electron chi connectivity index (χ4n) is 3.50. The predicted molar refractivity (Wildman–Crippen MR) is 125 cm³/mol. The van der Waals surface area contributed by atoms with E-state index in [2.05, 4.69) is 10.2 Å². The zero-order valence-electron chi connectivity index (χ0n) is 19.1. The van der Waals surface area contributed by atoms with Crippen molar-refractivity contribution in [3.8, 4) is 0 Å². The van der Waals surface area contributed by atoms with Gasteiger partial charge in [-0.25, -0.2) is 9.64 Å². The second-order valence-electron chi connectivity index (χ2n) is 9.10. The Morgan fingerprint density at radius 3 is 2.44 bits per heavy atom. The topological polar surface area (TPSA) is 72.9 Å². The molecular weight excluding hydrogens is 404 g/mol. The molecule has 3 rings (SSSR count). The highest BCUT2D eigenvalue weighted by molar-refractivity contribution is 5.81. The van der Waals surface area contributed by atoms with Crippen LogP contribution < -0.4 is 10.7 Å². The number of hydrogen-bond acceptors (Lipinski definition) is 4. The van der Waals surface area contributed by atoms with Crippen LogP contribution in [0, 0.1) is 12.5 Å². The first-order valence-electron chi connectivity index (χ1n) is 10.6. The van der Waals surface area contributed by atoms with Crippen LogP contribution in [0.15, 0.2) is 57.7 Å². The lowest BCUT2D eigenvalue weighted by Gasteiger charge is -2.26. The van der Waals surface area contributed by atoms with E-state index in [0.717, 1.165) is 5.56 Å². The summed E-state index contributed by atoms with van der Waals surface area (Å²) >= 11 is 0. The summed E-state index contributed by atoms with van der Waals surface area (Å²) in [6.45, 7) is 16.5. The van der Waals surface area contributed by atoms with E-state index in [-0.39, 0.29) is 11.3 Å². The Morgan fingerprint density at radius 1 is 1.16 bits per heavy atom. The molecule has 2 aromatic carbocycles. The van der Waals surface area contributed by atoms with Gasteiger partial charge in [-0.1, -0.05) is 56.3 Å². The number of alkyl carbamates (subject to hydrolysis) is 1. The smallest absolute Gasteiger partial charge is 0.408 e. The Morgan fingerprint density at radius 2 is 1.84 bits per heavy atom. The van der Waals surface area contributed by atoms with Crippen LogP contribution in [0.2, 0.25) is 0 Å². The molecule has 0 unspecified atom stereocenters. The molecular formula is C26H28N2O4. The van der Waals surface area contributed by atoms with Gasteiger partial charge in [0.05, 0.1) is 18.0 Å². The van der Waals surface area contributed by atoms with Crippen LogP contribution in [0.4, 0.5) is 10.5 Å². The second-order valence-corrected chi connectivity index (χ2v) is 9.10. The second kappa shape index (κ2) is 9.27. The van der Waals surface area contributed by atoms with Crippen molar-refractivity contribution in [3.63, 3.8) is 0 Å². The molecule has 6 heteroatoms. The van der Waals surface area contributed by atoms with E-state index >= 15 is 0 Å². The molecule has 0 saturated heterocycles. The van der Waals surface area contributed by atoms with Gasteiger partial charge in [-0.2, -0.15) is 0 Å². The van der Waals surface area contributed by atoms with Crippen LogP contribution >= 0.6 is 0 Å². The normalized spacial score (nSPS) is 12.4. The maximum Gasteiger partial charge on any atom is 0.408 e. The molecule has 0 spiro atoms. The minimum absolute atomic E-state index is 0.0818. The van der Waals surface area contributed by atoms with Crippen LogP contribution in [-0.4, -0.2) is 11.7 Å². The lowest BCUT2D eigenvalue weighted by atomic mass is 9.93. The van der Waals surface area contributed by atoms with E-state index in [4.69, 9.17) is 15.7 Å². The Balaban J connectivity index is 2.18. The van der Waals surface area contributed by atoms with Gasteiger partial charge in [-0.3, -0.25) is 4.79 Å². The highest BCUT2D eigenvalue weighted by Crippen LogP contribution is 2.30. The van der Waals surface area contributed by atoms with E-state index in [1.165, 1.54) is 0 Å². The van der Waals surface area contributed by atoms with Gasteiger partial charge in [-0.15, -0.1) is 0 Å². The molecule has 0 radical (unpaired) electrons. The Bertz CT molecular complexity index is 1210. The third-order valence-corrected chi connectivity index (χ3v) is 4.98. The number of hydrogen-bond donors (Lipinski definition) is 1. The molecule has 1 amide bonds. The lowest BCUT2D eigenvalue weighted by Crippen LogP contribution is -2.37. The van der Waals surface area contributed by atoms with Crippen molar-refractivity contribution in [3.05, 3.63) is 87.1 Å². The molecule has 0 aliphatic heterocycles. The monoisotopic (exact) mass is 432 g/mol. The van der Waals surface area contributed by atoms with Crippen molar-refractivity contribution in [2.45, 2.75) is 52.7 Å². The van der Waals surface area contributed by atoms with E-state index < -0.39 is 17.7 Å². The molecule has 0 bridgehead atoms. The van der Waals surface area contributed by atoms with Gasteiger partial charge in [0.15, 0.2) is 11.1 Å². The van der Waals surface area contributed by atoms with E-state index in [9.17, 15) is 9.59 Å². The summed E-state index contributed by atoms with van der Waals surface area (Å²) in [7, 11) is 0. The SMILES string of the molecule is [C-]#[N+]c1ccc2c(=O)c(Cc3ccccc3)c([C@H](NC(=O)OC(C)(C)C)C(C)C)oc2c1. The quantitative estimate of drug-likeness (QED) is 0.490. The molecule has 1 N–H and O–H groups in total. The highest BCUT2D eigenvalue weighted by atomic mass is 16.6. The summed E-state index contributed by atoms with van der Waals surface area (Å²) in [6, 6.07) is 13.8. The minimum Gasteiger partial charge on any atom is -0.460 e. The minimum atomic E-state index is -0.659. The van der Waals surface area contributed by atoms with Crippen LogP contribution in [0.25, 0.3) is 15.8 Å². The summed E-state index contributed by atoms with van der Waals surface area (Å²) in [5.74, 6) is 0.302. The van der Waals surface area contributed by atoms with Gasteiger partial charge >= 0.3 is 6.09 Å². The number of amides is 1. The van der Waals surface area contributed by atoms with Crippen molar-refractivity contribution in [1.82, 2.24) is 5.32 Å². The van der Waals surface area contributed by atoms with Crippen molar-refractivity contribution < 1.29 is 13.9 Å². The zero-order valence-corrected chi connectivity index (χ0v) is 19.1. The molecule has 0 aliphatic rings. The lowest BCUT2D eigenvalue weighted by molar-refractivity contribution is 0.0481. The first-order valence-corrected chi connectivity index (χ1v) is 10.6. The maximum atomic E-state index is 13.5. The molecule has 6 nitrogen and oxygen atoms in total. The summed E-state index contributed by atoms with van der Waals surface area (Å²) in [5, 5.41) is 3.29. The number of benzene rings is 2. The molecule has 166 valence electrons. The molecule has 3 aromatic rings. The fraction of sp³-hybridized carbons (Fsp3) is 0.346. The number of carbonyl (C=O) groups is 1. The van der Waals surface area contributed by atoms with Gasteiger partial charge in [0, 0.05) is 12.0 Å². The van der Waals surface area contributed by atoms with Crippen LogP contribution in [0.3, 0.4) is 0 Å². The largest absolute Gasteiger partial charge is 0.460 e. The third-order valence-electron chi connectivity index (χ3n) is 4.98. The number of nitrogens with one attached hydrogen (secondary N) is 1. The Hall–Kier alpha value is -3.59. The van der Waals surface area contributed by atoms with Gasteiger partial charge in [0.2, 0.25) is 0 Å². The standard InChI is InChI=1S/C26H28N2O4/c1-16(2)22(28-25(30)32-26(3,4)5)24-20(14-17-10-8-7-9-11-17)23(29)19-13-12-18(27-6)15-21(19)31-24/h7-13,15-16,22H,14H2,1-5H3,(H,28,30)/t22-/m1/s1. The van der Waals surface area contributed by atoms with E-state index in [0.29, 0.717) is 34.4 Å². The summed E-state index contributed by atoms with van der Waals surface area (Å²) in [4.78, 5) is 29.5. The first kappa shape index (κ1) is 23.1. The molecule has 1 atom stereocenters. The van der Waals surface area contributed by atoms with E-state index in [1.807, 2.05) is 44.2 Å². The zero-order chi connectivity index (χ0) is 23.5. The molecule has 1 heterocycles. The summed E-state index contributed by atoms with van der Waals surface area (Å²) in [6.07, 6.45) is -0.224. The van der Waals surface area contributed by atoms with Crippen LogP contribution in [0.1, 0.15) is 57.5 Å². The maximum absolute atomic E-state index is 13.5. The van der Waals surface area contributed by atoms with Gasteiger partial charge < -0.3 is 14.5 Å². The van der Waals surface area contributed by atoms with Crippen molar-refractivity contribution in [1.29, 1.82) is 0 Å². The first-order chi connectivity index (χ1) is 15.1. The average molecular weight is 433 g/mol. The fourth-order valence-corrected chi connectivity index (χ4v) is 3.50. The number of ether oxygens (including phenoxy) is 1. The molecule has 0 fully saturated rings. The number of fused-ring (bicyclic) bond motifs is 1. The number of nitrogens with zero attached hydrogens (tertiary/aromatic N) is 1. The molecule has 32 heavy (non-hydrogen) atoms. The van der Waals surface area contributed by atoms with Gasteiger partial charge in [0.1, 0.15) is 16.9 Å². The van der Waals surface area contributed by atoms with Crippen LogP contribution in [-0.2, 0) is 11.2 Å². The van der Waals surface area contributed by atoms with Crippen molar-refractivity contribution in [2.24, 2.45) is 5.92 Å². The average Bonchev–Trinajstić information content (AvgIpc) is 2.73. The summed E-state index contributed by atoms with van der Waals surface area (Å²) < 4.78 is 11.7. The van der Waals surface area contributed by atoms with Gasteiger partial charge in [-0.05, 0) is 38.3 Å². The predicted octanol–water partition coefficient (Wildman–Crippen LogP) is 6.16. The number of rotatable bonds is 5. The van der Waals surface area contributed by atoms with Crippen molar-refractivity contribution in [2.75, 3.05) is 0 Å². The van der Waals surface area contributed by atoms with E-state index in [1.54, 1.807) is 39.0 Å².